The monoisotopic (exact) mass is 400 g/mol. The number of carbonyl (C=O) groups is 1. The normalized spacial score (nSPS) is 32.3. The summed E-state index contributed by atoms with van der Waals surface area (Å²) in [5.41, 5.74) is 3.18. The van der Waals surface area contributed by atoms with Crippen molar-refractivity contribution in [2.45, 2.75) is 11.5 Å². The molecule has 0 spiro atoms. The maximum absolute atomic E-state index is 13.6. The summed E-state index contributed by atoms with van der Waals surface area (Å²) in [6.45, 7) is 6.45. The van der Waals surface area contributed by atoms with E-state index in [4.69, 9.17) is 0 Å². The van der Waals surface area contributed by atoms with Crippen molar-refractivity contribution in [3.8, 4) is 0 Å². The Balaban J connectivity index is 1.41. The number of rotatable bonds is 3. The van der Waals surface area contributed by atoms with E-state index in [0.29, 0.717) is 5.92 Å². The Morgan fingerprint density at radius 2 is 1.70 bits per heavy atom. The maximum atomic E-state index is 13.6. The van der Waals surface area contributed by atoms with E-state index in [0.717, 1.165) is 55.7 Å². The number of aromatic nitrogens is 1. The van der Waals surface area contributed by atoms with Gasteiger partial charge >= 0.3 is 0 Å². The van der Waals surface area contributed by atoms with Crippen LogP contribution in [0.1, 0.15) is 15.9 Å². The van der Waals surface area contributed by atoms with E-state index in [9.17, 15) is 4.79 Å². The lowest BCUT2D eigenvalue weighted by Gasteiger charge is -2.55. The number of aryl methyl sites for hydroxylation is 1. The van der Waals surface area contributed by atoms with Gasteiger partial charge in [-0.05, 0) is 23.8 Å². The molecule has 1 aromatic heterocycles. The molecule has 0 saturated carbocycles. The third-order valence-electron chi connectivity index (χ3n) is 7.60. The van der Waals surface area contributed by atoms with Gasteiger partial charge in [0.1, 0.15) is 0 Å². The minimum Gasteiger partial charge on any atom is -0.351 e. The molecule has 2 unspecified atom stereocenters. The van der Waals surface area contributed by atoms with Crippen LogP contribution in [-0.2, 0) is 12.5 Å². The van der Waals surface area contributed by atoms with Crippen molar-refractivity contribution in [3.05, 3.63) is 71.9 Å². The molecule has 4 aliphatic rings. The predicted molar refractivity (Wildman–Crippen MR) is 119 cm³/mol. The average Bonchev–Trinajstić information content (AvgIpc) is 2.97. The summed E-state index contributed by atoms with van der Waals surface area (Å²) in [6.07, 6.45) is 2.03. The lowest BCUT2D eigenvalue weighted by Crippen LogP contribution is -2.70. The van der Waals surface area contributed by atoms with E-state index >= 15 is 0 Å². The van der Waals surface area contributed by atoms with Gasteiger partial charge in [-0.15, -0.1) is 0 Å². The van der Waals surface area contributed by atoms with Crippen LogP contribution in [0.3, 0.4) is 0 Å². The van der Waals surface area contributed by atoms with Gasteiger partial charge in [-0.25, -0.2) is 0 Å². The Morgan fingerprint density at radius 3 is 2.43 bits per heavy atom. The van der Waals surface area contributed by atoms with E-state index in [1.165, 1.54) is 5.56 Å². The Kier molecular flexibility index (Phi) is 4.05. The number of piperidine rings is 2. The van der Waals surface area contributed by atoms with Crippen LogP contribution in [0.5, 0.6) is 0 Å². The summed E-state index contributed by atoms with van der Waals surface area (Å²) >= 11 is 0. The second-order valence-corrected chi connectivity index (χ2v) is 9.37. The Labute approximate surface area is 177 Å². The van der Waals surface area contributed by atoms with Crippen LogP contribution in [0.15, 0.2) is 60.8 Å². The number of hydrogen-bond acceptors (Lipinski definition) is 3. The van der Waals surface area contributed by atoms with Crippen LogP contribution in [0.4, 0.5) is 0 Å². The van der Waals surface area contributed by atoms with Gasteiger partial charge in [-0.1, -0.05) is 36.4 Å². The van der Waals surface area contributed by atoms with E-state index in [1.54, 1.807) is 0 Å². The zero-order chi connectivity index (χ0) is 20.3. The summed E-state index contributed by atoms with van der Waals surface area (Å²) in [5.74, 6) is 0.511. The van der Waals surface area contributed by atoms with Gasteiger partial charge in [-0.3, -0.25) is 4.79 Å². The van der Waals surface area contributed by atoms with Crippen LogP contribution in [-0.4, -0.2) is 65.6 Å². The van der Waals surface area contributed by atoms with Gasteiger partial charge in [0.2, 0.25) is 0 Å². The zero-order valence-corrected chi connectivity index (χ0v) is 17.4. The van der Waals surface area contributed by atoms with E-state index < -0.39 is 0 Å². The highest BCUT2D eigenvalue weighted by molar-refractivity contribution is 6.06. The fourth-order valence-electron chi connectivity index (χ4n) is 6.29. The van der Waals surface area contributed by atoms with Gasteiger partial charge in [-0.2, -0.15) is 0 Å². The molecule has 5 nitrogen and oxygen atoms in total. The largest absolute Gasteiger partial charge is 0.351 e. The highest BCUT2D eigenvalue weighted by Gasteiger charge is 2.55. The third kappa shape index (κ3) is 2.65. The molecule has 1 amide bonds. The van der Waals surface area contributed by atoms with Crippen molar-refractivity contribution in [3.63, 3.8) is 0 Å². The lowest BCUT2D eigenvalue weighted by molar-refractivity contribution is 0.0181. The molecule has 154 valence electrons. The smallest absolute Gasteiger partial charge is 0.252 e. The first kappa shape index (κ1) is 18.2. The predicted octanol–water partition coefficient (Wildman–Crippen LogP) is 2.48. The Bertz CT molecular complexity index is 1090. The van der Waals surface area contributed by atoms with Gasteiger partial charge in [0.25, 0.3) is 5.91 Å². The topological polar surface area (TPSA) is 40.5 Å². The molecule has 1 N–H and O–H groups in total. The molecule has 4 bridgehead atoms. The highest BCUT2D eigenvalue weighted by Crippen LogP contribution is 2.43. The molecular weight excluding hydrogens is 372 g/mol. The number of nitrogens with one attached hydrogen (secondary N) is 1. The Morgan fingerprint density at radius 1 is 0.967 bits per heavy atom. The average molecular weight is 401 g/mol. The molecular formula is C25H28N4O. The maximum Gasteiger partial charge on any atom is 0.252 e. The summed E-state index contributed by atoms with van der Waals surface area (Å²) < 4.78 is 2.07. The molecule has 2 aromatic carbocycles. The van der Waals surface area contributed by atoms with Crippen molar-refractivity contribution in [2.75, 3.05) is 39.3 Å². The molecule has 30 heavy (non-hydrogen) atoms. The second-order valence-electron chi connectivity index (χ2n) is 9.37. The summed E-state index contributed by atoms with van der Waals surface area (Å²) in [4.78, 5) is 18.8. The molecule has 7 rings (SSSR count). The highest BCUT2D eigenvalue weighted by atomic mass is 16.1. The van der Waals surface area contributed by atoms with Crippen molar-refractivity contribution in [1.82, 2.24) is 19.7 Å². The van der Waals surface area contributed by atoms with Crippen LogP contribution in [0, 0.1) is 5.92 Å². The number of fused-ring (bicyclic) bond motifs is 2. The fraction of sp³-hybridized carbons (Fsp3) is 0.400. The van der Waals surface area contributed by atoms with Crippen molar-refractivity contribution < 1.29 is 4.79 Å². The second kappa shape index (κ2) is 6.69. The first-order valence-electron chi connectivity index (χ1n) is 11.0. The first-order chi connectivity index (χ1) is 14.6. The third-order valence-corrected chi connectivity index (χ3v) is 7.60. The molecule has 3 atom stereocenters. The zero-order valence-electron chi connectivity index (χ0n) is 17.4. The van der Waals surface area contributed by atoms with Gasteiger partial charge in [0.15, 0.2) is 0 Å². The van der Waals surface area contributed by atoms with Gasteiger partial charge < -0.3 is 19.7 Å². The van der Waals surface area contributed by atoms with E-state index in [-0.39, 0.29) is 17.4 Å². The number of hydrogen-bond donors (Lipinski definition) is 1. The van der Waals surface area contributed by atoms with Crippen LogP contribution in [0.2, 0.25) is 0 Å². The fourth-order valence-corrected chi connectivity index (χ4v) is 6.29. The minimum atomic E-state index is -0.0564. The van der Waals surface area contributed by atoms with E-state index in [1.807, 2.05) is 25.4 Å². The van der Waals surface area contributed by atoms with Crippen molar-refractivity contribution >= 4 is 16.8 Å². The van der Waals surface area contributed by atoms with Crippen molar-refractivity contribution in [1.29, 1.82) is 0 Å². The standard InChI is InChI=1S/C25H28N4O/c1-27-11-10-20-21(8-5-9-22(20)27)24(30)26-23-18-14-28-12-13-29(15-18)17-25(23,16-28)19-6-3-2-4-7-19/h2-11,18,23H,12-17H2,1H3,(H,26,30)/t18?,23-,25?/m1/s1. The summed E-state index contributed by atoms with van der Waals surface area (Å²) in [6, 6.07) is 19.1. The Hall–Kier alpha value is -2.63. The molecule has 5 heteroatoms. The minimum absolute atomic E-state index is 0.0564. The lowest BCUT2D eigenvalue weighted by atomic mass is 9.64. The SMILES string of the molecule is Cn1ccc2c(C(=O)N[C@@H]3C4CN5CCN(C4)CC3(c3ccccc3)C5)cccc21. The molecule has 4 fully saturated rings. The van der Waals surface area contributed by atoms with Crippen LogP contribution in [0.25, 0.3) is 10.9 Å². The first-order valence-corrected chi connectivity index (χ1v) is 11.0. The molecule has 4 aliphatic heterocycles. The molecule has 0 aliphatic carbocycles. The van der Waals surface area contributed by atoms with Crippen LogP contribution < -0.4 is 5.32 Å². The summed E-state index contributed by atoms with van der Waals surface area (Å²) in [5, 5.41) is 4.57. The number of carbonyl (C=O) groups excluding carboxylic acids is 1. The molecule has 0 radical (unpaired) electrons. The number of amides is 1. The molecule has 4 saturated heterocycles. The summed E-state index contributed by atoms with van der Waals surface area (Å²) in [7, 11) is 2.03. The van der Waals surface area contributed by atoms with E-state index in [2.05, 4.69) is 62.1 Å². The van der Waals surface area contributed by atoms with Gasteiger partial charge in [0.05, 0.1) is 0 Å². The van der Waals surface area contributed by atoms with Gasteiger partial charge in [0, 0.05) is 86.4 Å². The molecule has 5 heterocycles. The quantitative estimate of drug-likeness (QED) is 0.734. The van der Waals surface area contributed by atoms with Crippen LogP contribution >= 0.6 is 0 Å². The van der Waals surface area contributed by atoms with Crippen molar-refractivity contribution in [2.24, 2.45) is 13.0 Å². The number of benzene rings is 2. The molecule has 3 aromatic rings. The number of nitrogens with zero attached hydrogens (tertiary/aromatic N) is 3.